The van der Waals surface area contributed by atoms with E-state index in [0.29, 0.717) is 5.92 Å². The number of hydrogen-bond donors (Lipinski definition) is 2. The van der Waals surface area contributed by atoms with E-state index in [2.05, 4.69) is 15.8 Å². The minimum atomic E-state index is -0.196. The summed E-state index contributed by atoms with van der Waals surface area (Å²) in [6.07, 6.45) is 3.58. The van der Waals surface area contributed by atoms with Gasteiger partial charge in [-0.05, 0) is 35.4 Å². The lowest BCUT2D eigenvalue weighted by atomic mass is 9.89. The van der Waals surface area contributed by atoms with Crippen molar-refractivity contribution in [1.29, 1.82) is 0 Å². The highest BCUT2D eigenvalue weighted by Crippen LogP contribution is 2.32. The normalized spacial score (nSPS) is 23.2. The van der Waals surface area contributed by atoms with Crippen LogP contribution in [0.3, 0.4) is 0 Å². The van der Waals surface area contributed by atoms with Crippen LogP contribution >= 0.6 is 0 Å². The summed E-state index contributed by atoms with van der Waals surface area (Å²) in [4.78, 5) is 4.03. The summed E-state index contributed by atoms with van der Waals surface area (Å²) in [6.45, 7) is 0.832. The number of nitrogens with zero attached hydrogens (tertiary/aromatic N) is 1. The number of benzene rings is 1. The molecule has 2 aromatic rings. The van der Waals surface area contributed by atoms with E-state index in [1.54, 1.807) is 12.4 Å². The Balaban J connectivity index is 1.90. The van der Waals surface area contributed by atoms with Crippen molar-refractivity contribution < 1.29 is 4.39 Å². The SMILES string of the molecule is Fc1ccc(C2CNNC2c2ccncc2)cc1. The average molecular weight is 243 g/mol. The second-order valence-electron chi connectivity index (χ2n) is 4.44. The van der Waals surface area contributed by atoms with Crippen LogP contribution in [0.25, 0.3) is 0 Å². The van der Waals surface area contributed by atoms with Crippen molar-refractivity contribution in [3.05, 3.63) is 65.7 Å². The highest BCUT2D eigenvalue weighted by molar-refractivity contribution is 5.29. The van der Waals surface area contributed by atoms with Crippen LogP contribution in [0.15, 0.2) is 48.8 Å². The molecule has 2 unspecified atom stereocenters. The van der Waals surface area contributed by atoms with Gasteiger partial charge in [0.1, 0.15) is 5.82 Å². The van der Waals surface area contributed by atoms with E-state index < -0.39 is 0 Å². The summed E-state index contributed by atoms with van der Waals surface area (Å²) in [5.41, 5.74) is 8.75. The van der Waals surface area contributed by atoms with Crippen molar-refractivity contribution in [2.75, 3.05) is 6.54 Å². The summed E-state index contributed by atoms with van der Waals surface area (Å²) in [7, 11) is 0. The van der Waals surface area contributed by atoms with Crippen LogP contribution in [0.1, 0.15) is 23.1 Å². The van der Waals surface area contributed by atoms with Gasteiger partial charge in [-0.1, -0.05) is 12.1 Å². The zero-order chi connectivity index (χ0) is 12.4. The number of hydrogen-bond acceptors (Lipinski definition) is 3. The third kappa shape index (κ3) is 2.12. The van der Waals surface area contributed by atoms with Crippen LogP contribution in [-0.2, 0) is 0 Å². The van der Waals surface area contributed by atoms with Gasteiger partial charge in [-0.25, -0.2) is 9.82 Å². The van der Waals surface area contributed by atoms with E-state index in [0.717, 1.165) is 12.1 Å². The Morgan fingerprint density at radius 2 is 1.72 bits per heavy atom. The molecule has 0 amide bonds. The summed E-state index contributed by atoms with van der Waals surface area (Å²) in [5.74, 6) is 0.103. The molecule has 0 bridgehead atoms. The van der Waals surface area contributed by atoms with E-state index in [1.807, 2.05) is 24.3 Å². The standard InChI is InChI=1S/C14H14FN3/c15-12-3-1-10(2-4-12)13-9-17-18-14(13)11-5-7-16-8-6-11/h1-8,13-14,17-18H,9H2. The van der Waals surface area contributed by atoms with E-state index >= 15 is 0 Å². The average Bonchev–Trinajstić information content (AvgIpc) is 2.90. The number of aromatic nitrogens is 1. The molecule has 2 heterocycles. The molecule has 1 aromatic carbocycles. The molecule has 92 valence electrons. The predicted molar refractivity (Wildman–Crippen MR) is 67.3 cm³/mol. The largest absolute Gasteiger partial charge is 0.265 e. The maximum absolute atomic E-state index is 13.0. The molecule has 3 rings (SSSR count). The van der Waals surface area contributed by atoms with Crippen LogP contribution in [0.4, 0.5) is 4.39 Å². The van der Waals surface area contributed by atoms with E-state index in [1.165, 1.54) is 17.7 Å². The van der Waals surface area contributed by atoms with Crippen molar-refractivity contribution >= 4 is 0 Å². The first-order valence-electron chi connectivity index (χ1n) is 5.98. The fraction of sp³-hybridized carbons (Fsp3) is 0.214. The highest BCUT2D eigenvalue weighted by atomic mass is 19.1. The third-order valence-corrected chi connectivity index (χ3v) is 3.35. The van der Waals surface area contributed by atoms with Gasteiger partial charge in [0.25, 0.3) is 0 Å². The van der Waals surface area contributed by atoms with Gasteiger partial charge in [0.05, 0.1) is 6.04 Å². The Bertz CT molecular complexity index is 512. The fourth-order valence-electron chi connectivity index (χ4n) is 2.40. The van der Waals surface area contributed by atoms with Gasteiger partial charge in [0.2, 0.25) is 0 Å². The molecule has 18 heavy (non-hydrogen) atoms. The van der Waals surface area contributed by atoms with Gasteiger partial charge in [0.15, 0.2) is 0 Å². The predicted octanol–water partition coefficient (Wildman–Crippen LogP) is 2.15. The summed E-state index contributed by atoms with van der Waals surface area (Å²) in [6, 6.07) is 10.9. The van der Waals surface area contributed by atoms with Crippen LogP contribution in [0.5, 0.6) is 0 Å². The van der Waals surface area contributed by atoms with E-state index in [4.69, 9.17) is 0 Å². The summed E-state index contributed by atoms with van der Waals surface area (Å²) < 4.78 is 13.0. The smallest absolute Gasteiger partial charge is 0.123 e. The number of nitrogens with one attached hydrogen (secondary N) is 2. The Morgan fingerprint density at radius 3 is 2.44 bits per heavy atom. The van der Waals surface area contributed by atoms with Crippen LogP contribution in [-0.4, -0.2) is 11.5 Å². The molecule has 2 atom stereocenters. The molecule has 3 nitrogen and oxygen atoms in total. The second-order valence-corrected chi connectivity index (χ2v) is 4.44. The van der Waals surface area contributed by atoms with Crippen molar-refractivity contribution in [2.45, 2.75) is 12.0 Å². The van der Waals surface area contributed by atoms with Crippen molar-refractivity contribution in [2.24, 2.45) is 0 Å². The molecule has 0 radical (unpaired) electrons. The molecule has 4 heteroatoms. The van der Waals surface area contributed by atoms with Crippen molar-refractivity contribution in [3.8, 4) is 0 Å². The van der Waals surface area contributed by atoms with Gasteiger partial charge in [-0.2, -0.15) is 0 Å². The summed E-state index contributed by atoms with van der Waals surface area (Å²) in [5, 5.41) is 0. The minimum absolute atomic E-state index is 0.193. The lowest BCUT2D eigenvalue weighted by molar-refractivity contribution is 0.552. The molecule has 1 fully saturated rings. The highest BCUT2D eigenvalue weighted by Gasteiger charge is 2.29. The van der Waals surface area contributed by atoms with Crippen LogP contribution in [0, 0.1) is 5.82 Å². The van der Waals surface area contributed by atoms with Gasteiger partial charge in [-0.15, -0.1) is 0 Å². The van der Waals surface area contributed by atoms with Crippen molar-refractivity contribution in [1.82, 2.24) is 15.8 Å². The fourth-order valence-corrected chi connectivity index (χ4v) is 2.40. The van der Waals surface area contributed by atoms with Crippen molar-refractivity contribution in [3.63, 3.8) is 0 Å². The number of hydrazine groups is 1. The molecule has 2 N–H and O–H groups in total. The quantitative estimate of drug-likeness (QED) is 0.848. The Morgan fingerprint density at radius 1 is 1.00 bits per heavy atom. The second kappa shape index (κ2) is 4.84. The van der Waals surface area contributed by atoms with Gasteiger partial charge in [-0.3, -0.25) is 10.4 Å². The molecule has 1 aromatic heterocycles. The zero-order valence-electron chi connectivity index (χ0n) is 9.81. The molecule has 0 aliphatic carbocycles. The first kappa shape index (κ1) is 11.3. The minimum Gasteiger partial charge on any atom is -0.265 e. The number of pyridine rings is 1. The molecule has 1 aliphatic rings. The maximum Gasteiger partial charge on any atom is 0.123 e. The van der Waals surface area contributed by atoms with Crippen LogP contribution in [0.2, 0.25) is 0 Å². The Labute approximate surface area is 105 Å². The molecule has 1 aliphatic heterocycles. The molecule has 1 saturated heterocycles. The molecule has 0 spiro atoms. The number of halogens is 1. The molecular formula is C14H14FN3. The Kier molecular flexibility index (Phi) is 3.04. The van der Waals surface area contributed by atoms with E-state index in [9.17, 15) is 4.39 Å². The lowest BCUT2D eigenvalue weighted by Crippen LogP contribution is -2.24. The Hall–Kier alpha value is -1.78. The molecule has 0 saturated carbocycles. The zero-order valence-corrected chi connectivity index (χ0v) is 9.81. The lowest BCUT2D eigenvalue weighted by Gasteiger charge is -2.18. The molecular weight excluding hydrogens is 229 g/mol. The first-order chi connectivity index (χ1) is 8.84. The van der Waals surface area contributed by atoms with Gasteiger partial charge in [0, 0.05) is 24.9 Å². The monoisotopic (exact) mass is 243 g/mol. The summed E-state index contributed by atoms with van der Waals surface area (Å²) >= 11 is 0. The number of rotatable bonds is 2. The van der Waals surface area contributed by atoms with Gasteiger partial charge < -0.3 is 0 Å². The maximum atomic E-state index is 13.0. The third-order valence-electron chi connectivity index (χ3n) is 3.35. The van der Waals surface area contributed by atoms with Gasteiger partial charge >= 0.3 is 0 Å². The first-order valence-corrected chi connectivity index (χ1v) is 5.98. The van der Waals surface area contributed by atoms with E-state index in [-0.39, 0.29) is 11.9 Å². The van der Waals surface area contributed by atoms with Crippen LogP contribution < -0.4 is 10.9 Å². The topological polar surface area (TPSA) is 37.0 Å².